The maximum atomic E-state index is 12.1. The minimum absolute atomic E-state index is 0.0847. The summed E-state index contributed by atoms with van der Waals surface area (Å²) in [4.78, 5) is 22.3. The first-order valence-corrected chi connectivity index (χ1v) is 6.66. The molecule has 0 aromatic carbocycles. The molecule has 2 aromatic heterocycles. The maximum absolute atomic E-state index is 12.1. The normalized spacial score (nSPS) is 23.4. The second kappa shape index (κ2) is 4.54. The van der Waals surface area contributed by atoms with Crippen LogP contribution < -0.4 is 5.69 Å². The fourth-order valence-corrected chi connectivity index (χ4v) is 2.94. The van der Waals surface area contributed by atoms with E-state index in [1.165, 1.54) is 0 Å². The van der Waals surface area contributed by atoms with Gasteiger partial charge in [-0.3, -0.25) is 4.57 Å². The Morgan fingerprint density at radius 1 is 1.42 bits per heavy atom. The minimum atomic E-state index is -0.0847. The fourth-order valence-electron chi connectivity index (χ4n) is 2.94. The largest absolute Gasteiger partial charge is 0.361 e. The van der Waals surface area contributed by atoms with E-state index in [-0.39, 0.29) is 11.7 Å². The van der Waals surface area contributed by atoms with E-state index < -0.39 is 0 Å². The zero-order valence-corrected chi connectivity index (χ0v) is 10.9. The van der Waals surface area contributed by atoms with E-state index in [0.717, 1.165) is 42.6 Å². The fraction of sp³-hybridized carbons (Fsp3) is 0.500. The molecule has 2 aromatic rings. The first kappa shape index (κ1) is 12.0. The van der Waals surface area contributed by atoms with Crippen LogP contribution >= 0.6 is 0 Å². The van der Waals surface area contributed by atoms with Gasteiger partial charge in [-0.05, 0) is 37.7 Å². The first-order chi connectivity index (χ1) is 9.19. The molecule has 0 unspecified atom stereocenters. The quantitative estimate of drug-likeness (QED) is 0.797. The molecular weight excluding hydrogens is 240 g/mol. The predicted octanol–water partition coefficient (Wildman–Crippen LogP) is 3.03. The third-order valence-electron chi connectivity index (χ3n) is 4.05. The maximum Gasteiger partial charge on any atom is 0.326 e. The molecule has 5 nitrogen and oxygen atoms in total. The molecule has 0 aliphatic heterocycles. The molecule has 1 fully saturated rings. The molecule has 1 N–H and O–H groups in total. The van der Waals surface area contributed by atoms with Gasteiger partial charge in [-0.15, -0.1) is 4.98 Å². The van der Waals surface area contributed by atoms with Crippen LogP contribution in [0.1, 0.15) is 38.6 Å². The van der Waals surface area contributed by atoms with Crippen molar-refractivity contribution >= 4 is 16.9 Å². The van der Waals surface area contributed by atoms with Crippen LogP contribution in [-0.2, 0) is 0 Å². The smallest absolute Gasteiger partial charge is 0.326 e. The second-order valence-corrected chi connectivity index (χ2v) is 5.39. The van der Waals surface area contributed by atoms with E-state index in [9.17, 15) is 4.79 Å². The van der Waals surface area contributed by atoms with Gasteiger partial charge in [0.2, 0.25) is 0 Å². The molecule has 5 heteroatoms. The third kappa shape index (κ3) is 2.03. The summed E-state index contributed by atoms with van der Waals surface area (Å²) in [5.74, 6) is 1.09. The monoisotopic (exact) mass is 256 g/mol. The molecule has 0 radical (unpaired) electrons. The van der Waals surface area contributed by atoms with Crippen LogP contribution in [0.3, 0.4) is 0 Å². The van der Waals surface area contributed by atoms with Gasteiger partial charge in [0, 0.05) is 6.04 Å². The third-order valence-corrected chi connectivity index (χ3v) is 4.05. The van der Waals surface area contributed by atoms with Gasteiger partial charge in [0.05, 0.1) is 5.52 Å². The number of imidazole rings is 1. The summed E-state index contributed by atoms with van der Waals surface area (Å²) < 4.78 is 1.82. The Labute approximate surface area is 111 Å². The van der Waals surface area contributed by atoms with Crippen molar-refractivity contribution in [2.75, 3.05) is 0 Å². The van der Waals surface area contributed by atoms with E-state index in [2.05, 4.69) is 21.7 Å². The molecular formula is C14H16N4O. The Kier molecular flexibility index (Phi) is 2.86. The van der Waals surface area contributed by atoms with Gasteiger partial charge in [-0.2, -0.15) is 0 Å². The Morgan fingerprint density at radius 3 is 2.84 bits per heavy atom. The number of hydrogen-bond acceptors (Lipinski definition) is 2. The molecule has 1 aliphatic rings. The SMILES string of the molecule is [C-]#[N+]c1cc2c(cn1)[nH]c(=O)n2C1CCC(C)CC1. The van der Waals surface area contributed by atoms with Crippen molar-refractivity contribution < 1.29 is 0 Å². The molecule has 1 aliphatic carbocycles. The molecule has 0 amide bonds. The van der Waals surface area contributed by atoms with Gasteiger partial charge in [0.1, 0.15) is 11.7 Å². The second-order valence-electron chi connectivity index (χ2n) is 5.39. The number of aromatic amines is 1. The topological polar surface area (TPSA) is 55.0 Å². The number of H-pyrrole nitrogens is 1. The lowest BCUT2D eigenvalue weighted by molar-refractivity contribution is 0.290. The average Bonchev–Trinajstić information content (AvgIpc) is 2.75. The molecule has 0 spiro atoms. The lowest BCUT2D eigenvalue weighted by atomic mass is 9.87. The van der Waals surface area contributed by atoms with Crippen LogP contribution in [0, 0.1) is 12.5 Å². The summed E-state index contributed by atoms with van der Waals surface area (Å²) in [7, 11) is 0. The molecule has 0 bridgehead atoms. The number of rotatable bonds is 1. The van der Waals surface area contributed by atoms with Crippen LogP contribution in [0.25, 0.3) is 15.9 Å². The zero-order chi connectivity index (χ0) is 13.4. The Morgan fingerprint density at radius 2 is 2.16 bits per heavy atom. The van der Waals surface area contributed by atoms with Crippen LogP contribution in [0.4, 0.5) is 5.82 Å². The van der Waals surface area contributed by atoms with Crippen molar-refractivity contribution in [1.29, 1.82) is 0 Å². The molecule has 1 saturated carbocycles. The van der Waals surface area contributed by atoms with Crippen LogP contribution in [0.5, 0.6) is 0 Å². The number of nitrogens with zero attached hydrogens (tertiary/aromatic N) is 3. The van der Waals surface area contributed by atoms with Crippen molar-refractivity contribution in [3.63, 3.8) is 0 Å². The molecule has 3 rings (SSSR count). The van der Waals surface area contributed by atoms with Gasteiger partial charge >= 0.3 is 5.69 Å². The molecule has 19 heavy (non-hydrogen) atoms. The predicted molar refractivity (Wildman–Crippen MR) is 73.3 cm³/mol. The molecule has 98 valence electrons. The van der Waals surface area contributed by atoms with E-state index in [4.69, 9.17) is 6.57 Å². The van der Waals surface area contributed by atoms with Gasteiger partial charge in [-0.1, -0.05) is 13.5 Å². The van der Waals surface area contributed by atoms with Gasteiger partial charge < -0.3 is 9.83 Å². The van der Waals surface area contributed by atoms with E-state index in [1.807, 2.05) is 4.57 Å². The highest BCUT2D eigenvalue weighted by Gasteiger charge is 2.23. The summed E-state index contributed by atoms with van der Waals surface area (Å²) in [6, 6.07) is 1.96. The Balaban J connectivity index is 2.09. The Bertz CT molecular complexity index is 698. The summed E-state index contributed by atoms with van der Waals surface area (Å²) in [6.45, 7) is 9.29. The molecule has 0 saturated heterocycles. The highest BCUT2D eigenvalue weighted by molar-refractivity contribution is 5.77. The van der Waals surface area contributed by atoms with Gasteiger partial charge in [0.25, 0.3) is 5.82 Å². The number of pyridine rings is 1. The van der Waals surface area contributed by atoms with E-state index in [0.29, 0.717) is 5.82 Å². The highest BCUT2D eigenvalue weighted by atomic mass is 16.1. The number of aromatic nitrogens is 3. The zero-order valence-electron chi connectivity index (χ0n) is 10.9. The highest BCUT2D eigenvalue weighted by Crippen LogP contribution is 2.32. The summed E-state index contributed by atoms with van der Waals surface area (Å²) in [5.41, 5.74) is 1.44. The average molecular weight is 256 g/mol. The van der Waals surface area contributed by atoms with E-state index in [1.54, 1.807) is 12.3 Å². The number of nitrogens with one attached hydrogen (secondary N) is 1. The molecule has 0 atom stereocenters. The molecule has 2 heterocycles. The Hall–Kier alpha value is -2.09. The van der Waals surface area contributed by atoms with E-state index >= 15 is 0 Å². The van der Waals surface area contributed by atoms with Crippen molar-refractivity contribution in [3.05, 3.63) is 34.2 Å². The van der Waals surface area contributed by atoms with Crippen LogP contribution in [-0.4, -0.2) is 14.5 Å². The number of hydrogen-bond donors (Lipinski definition) is 1. The minimum Gasteiger partial charge on any atom is -0.361 e. The number of fused-ring (bicyclic) bond motifs is 1. The van der Waals surface area contributed by atoms with Crippen molar-refractivity contribution in [2.24, 2.45) is 5.92 Å². The summed E-state index contributed by atoms with van der Waals surface area (Å²) >= 11 is 0. The summed E-state index contributed by atoms with van der Waals surface area (Å²) in [5, 5.41) is 0. The van der Waals surface area contributed by atoms with Crippen LogP contribution in [0.2, 0.25) is 0 Å². The first-order valence-electron chi connectivity index (χ1n) is 6.66. The lowest BCUT2D eigenvalue weighted by Crippen LogP contribution is -2.25. The van der Waals surface area contributed by atoms with Crippen molar-refractivity contribution in [2.45, 2.75) is 38.6 Å². The van der Waals surface area contributed by atoms with Crippen molar-refractivity contribution in [1.82, 2.24) is 14.5 Å². The lowest BCUT2D eigenvalue weighted by Gasteiger charge is -2.27. The summed E-state index contributed by atoms with van der Waals surface area (Å²) in [6.07, 6.45) is 5.95. The van der Waals surface area contributed by atoms with Gasteiger partial charge in [-0.25, -0.2) is 4.79 Å². The van der Waals surface area contributed by atoms with Gasteiger partial charge in [0.15, 0.2) is 0 Å². The van der Waals surface area contributed by atoms with Crippen LogP contribution in [0.15, 0.2) is 17.1 Å². The standard InChI is InChI=1S/C14H16N4O/c1-9-3-5-10(6-4-9)18-12-7-13(15-2)16-8-11(12)17-14(18)19/h7-10H,3-6H2,1H3,(H,17,19). The van der Waals surface area contributed by atoms with Crippen molar-refractivity contribution in [3.8, 4) is 0 Å².